The first-order valence-electron chi connectivity index (χ1n) is 6.81. The highest BCUT2D eigenvalue weighted by molar-refractivity contribution is 5.67. The lowest BCUT2D eigenvalue weighted by Gasteiger charge is -2.17. The SMILES string of the molecule is c1ccc2c(c1)CCCc1c-2nc2n1CCNC2. The highest BCUT2D eigenvalue weighted by atomic mass is 15.2. The van der Waals surface area contributed by atoms with Crippen molar-refractivity contribution in [2.24, 2.45) is 0 Å². The molecule has 0 spiro atoms. The van der Waals surface area contributed by atoms with Gasteiger partial charge in [0.05, 0.1) is 12.2 Å². The fourth-order valence-electron chi connectivity index (χ4n) is 3.21. The van der Waals surface area contributed by atoms with E-state index in [1.54, 1.807) is 0 Å². The van der Waals surface area contributed by atoms with Crippen molar-refractivity contribution >= 4 is 0 Å². The van der Waals surface area contributed by atoms with Gasteiger partial charge in [0.25, 0.3) is 0 Å². The van der Waals surface area contributed by atoms with Crippen molar-refractivity contribution in [2.75, 3.05) is 6.54 Å². The Balaban J connectivity index is 1.96. The number of hydrogen-bond acceptors (Lipinski definition) is 2. The molecule has 2 aromatic rings. The predicted molar refractivity (Wildman–Crippen MR) is 71.4 cm³/mol. The van der Waals surface area contributed by atoms with Crippen LogP contribution in [0.1, 0.15) is 23.5 Å². The third-order valence-electron chi connectivity index (χ3n) is 4.08. The van der Waals surface area contributed by atoms with Crippen LogP contribution in [-0.2, 0) is 25.9 Å². The van der Waals surface area contributed by atoms with Crippen LogP contribution in [-0.4, -0.2) is 16.1 Å². The Labute approximate surface area is 107 Å². The van der Waals surface area contributed by atoms with Gasteiger partial charge in [0.2, 0.25) is 0 Å². The molecule has 0 atom stereocenters. The van der Waals surface area contributed by atoms with Crippen LogP contribution < -0.4 is 5.32 Å². The van der Waals surface area contributed by atoms with Gasteiger partial charge >= 0.3 is 0 Å². The second-order valence-corrected chi connectivity index (χ2v) is 5.16. The molecule has 2 heterocycles. The van der Waals surface area contributed by atoms with Gasteiger partial charge in [0.15, 0.2) is 0 Å². The molecule has 0 saturated heterocycles. The van der Waals surface area contributed by atoms with E-state index in [9.17, 15) is 0 Å². The molecule has 3 heteroatoms. The molecule has 0 bridgehead atoms. The van der Waals surface area contributed by atoms with E-state index in [1.807, 2.05) is 0 Å². The zero-order valence-electron chi connectivity index (χ0n) is 10.4. The summed E-state index contributed by atoms with van der Waals surface area (Å²) in [6.07, 6.45) is 3.58. The third kappa shape index (κ3) is 1.44. The number of aryl methyl sites for hydroxylation is 1. The minimum atomic E-state index is 0.912. The number of imidazole rings is 1. The van der Waals surface area contributed by atoms with E-state index >= 15 is 0 Å². The molecule has 1 aromatic carbocycles. The van der Waals surface area contributed by atoms with Crippen molar-refractivity contribution in [3.05, 3.63) is 41.3 Å². The van der Waals surface area contributed by atoms with Crippen LogP contribution >= 0.6 is 0 Å². The molecule has 2 aliphatic rings. The minimum absolute atomic E-state index is 0.912. The molecule has 1 aliphatic carbocycles. The first kappa shape index (κ1) is 10.3. The molecule has 0 unspecified atom stereocenters. The lowest BCUT2D eigenvalue weighted by molar-refractivity contribution is 0.492. The fraction of sp³-hybridized carbons (Fsp3) is 0.400. The quantitative estimate of drug-likeness (QED) is 0.763. The highest BCUT2D eigenvalue weighted by Gasteiger charge is 2.23. The number of benzene rings is 1. The molecule has 1 aromatic heterocycles. The Morgan fingerprint density at radius 3 is 3.11 bits per heavy atom. The molecule has 18 heavy (non-hydrogen) atoms. The maximum atomic E-state index is 4.89. The topological polar surface area (TPSA) is 29.9 Å². The van der Waals surface area contributed by atoms with Crippen molar-refractivity contribution in [1.82, 2.24) is 14.9 Å². The zero-order chi connectivity index (χ0) is 11.9. The largest absolute Gasteiger partial charge is 0.329 e. The van der Waals surface area contributed by atoms with Crippen LogP contribution in [0.2, 0.25) is 0 Å². The monoisotopic (exact) mass is 239 g/mol. The van der Waals surface area contributed by atoms with Gasteiger partial charge in [-0.05, 0) is 24.8 Å². The summed E-state index contributed by atoms with van der Waals surface area (Å²) in [7, 11) is 0. The van der Waals surface area contributed by atoms with E-state index in [4.69, 9.17) is 4.98 Å². The van der Waals surface area contributed by atoms with Gasteiger partial charge in [-0.1, -0.05) is 24.3 Å². The highest BCUT2D eigenvalue weighted by Crippen LogP contribution is 2.32. The standard InChI is InChI=1S/C15H17N3/c1-2-6-12-11(4-1)5-3-7-13-15(12)17-14-10-16-8-9-18(13)14/h1-2,4,6,16H,3,5,7-10H2. The summed E-state index contributed by atoms with van der Waals surface area (Å²) < 4.78 is 2.44. The third-order valence-corrected chi connectivity index (χ3v) is 4.08. The molecule has 3 nitrogen and oxygen atoms in total. The predicted octanol–water partition coefficient (Wildman–Crippen LogP) is 2.14. The van der Waals surface area contributed by atoms with E-state index in [1.165, 1.54) is 41.2 Å². The summed E-state index contributed by atoms with van der Waals surface area (Å²) >= 11 is 0. The van der Waals surface area contributed by atoms with Crippen molar-refractivity contribution < 1.29 is 0 Å². The molecule has 1 N–H and O–H groups in total. The summed E-state index contributed by atoms with van der Waals surface area (Å²) in [5.74, 6) is 1.21. The molecular weight excluding hydrogens is 222 g/mol. The average molecular weight is 239 g/mol. The molecule has 92 valence electrons. The summed E-state index contributed by atoms with van der Waals surface area (Å²) in [4.78, 5) is 4.89. The van der Waals surface area contributed by atoms with E-state index in [2.05, 4.69) is 34.1 Å². The fourth-order valence-corrected chi connectivity index (χ4v) is 3.21. The second-order valence-electron chi connectivity index (χ2n) is 5.16. The summed E-state index contributed by atoms with van der Waals surface area (Å²) in [6.45, 7) is 3.05. The van der Waals surface area contributed by atoms with E-state index < -0.39 is 0 Å². The number of fused-ring (bicyclic) bond motifs is 5. The Morgan fingerprint density at radius 2 is 2.11 bits per heavy atom. The number of hydrogen-bond donors (Lipinski definition) is 1. The Kier molecular flexibility index (Phi) is 2.27. The molecule has 0 radical (unpaired) electrons. The number of aromatic nitrogens is 2. The smallest absolute Gasteiger partial charge is 0.123 e. The first-order valence-corrected chi connectivity index (χ1v) is 6.81. The van der Waals surface area contributed by atoms with E-state index in [0.717, 1.165) is 26.1 Å². The van der Waals surface area contributed by atoms with Crippen LogP contribution in [0.25, 0.3) is 11.3 Å². The van der Waals surface area contributed by atoms with Crippen LogP contribution in [0, 0.1) is 0 Å². The van der Waals surface area contributed by atoms with Gasteiger partial charge in [-0.2, -0.15) is 0 Å². The van der Waals surface area contributed by atoms with Crippen molar-refractivity contribution in [3.8, 4) is 11.3 Å². The summed E-state index contributed by atoms with van der Waals surface area (Å²) in [5, 5.41) is 3.41. The van der Waals surface area contributed by atoms with Crippen LogP contribution in [0.3, 0.4) is 0 Å². The Morgan fingerprint density at radius 1 is 1.17 bits per heavy atom. The van der Waals surface area contributed by atoms with Gasteiger partial charge in [-0.25, -0.2) is 4.98 Å². The maximum absolute atomic E-state index is 4.89. The zero-order valence-corrected chi connectivity index (χ0v) is 10.4. The molecule has 0 amide bonds. The van der Waals surface area contributed by atoms with Crippen molar-refractivity contribution in [1.29, 1.82) is 0 Å². The van der Waals surface area contributed by atoms with Crippen LogP contribution in [0.15, 0.2) is 24.3 Å². The number of nitrogens with one attached hydrogen (secondary N) is 1. The summed E-state index contributed by atoms with van der Waals surface area (Å²) in [6, 6.07) is 8.75. The lowest BCUT2D eigenvalue weighted by atomic mass is 10.0. The second kappa shape index (κ2) is 3.95. The Bertz CT molecular complexity index is 598. The van der Waals surface area contributed by atoms with Gasteiger partial charge in [0, 0.05) is 24.3 Å². The molecule has 0 saturated carbocycles. The normalized spacial score (nSPS) is 17.6. The molecular formula is C15H17N3. The van der Waals surface area contributed by atoms with Gasteiger partial charge in [0.1, 0.15) is 5.82 Å². The van der Waals surface area contributed by atoms with E-state index in [0.29, 0.717) is 0 Å². The number of rotatable bonds is 0. The van der Waals surface area contributed by atoms with Gasteiger partial charge < -0.3 is 9.88 Å². The van der Waals surface area contributed by atoms with Crippen molar-refractivity contribution in [2.45, 2.75) is 32.4 Å². The lowest BCUT2D eigenvalue weighted by Crippen LogP contribution is -2.29. The Hall–Kier alpha value is -1.61. The van der Waals surface area contributed by atoms with E-state index in [-0.39, 0.29) is 0 Å². The first-order chi connectivity index (χ1) is 8.93. The molecule has 4 rings (SSSR count). The van der Waals surface area contributed by atoms with Gasteiger partial charge in [-0.15, -0.1) is 0 Å². The summed E-state index contributed by atoms with van der Waals surface area (Å²) in [5.41, 5.74) is 5.50. The molecule has 0 fully saturated rings. The number of nitrogens with zero attached hydrogens (tertiary/aromatic N) is 2. The van der Waals surface area contributed by atoms with Gasteiger partial charge in [-0.3, -0.25) is 0 Å². The van der Waals surface area contributed by atoms with Crippen LogP contribution in [0.4, 0.5) is 0 Å². The van der Waals surface area contributed by atoms with Crippen molar-refractivity contribution in [3.63, 3.8) is 0 Å². The molecule has 1 aliphatic heterocycles. The average Bonchev–Trinajstić information content (AvgIpc) is 2.69. The minimum Gasteiger partial charge on any atom is -0.329 e. The van der Waals surface area contributed by atoms with Crippen LogP contribution in [0.5, 0.6) is 0 Å². The maximum Gasteiger partial charge on any atom is 0.123 e.